The van der Waals surface area contributed by atoms with Crippen LogP contribution in [0.2, 0.25) is 0 Å². The summed E-state index contributed by atoms with van der Waals surface area (Å²) >= 11 is 0. The molecule has 1 N–H and O–H groups in total. The van der Waals surface area contributed by atoms with Gasteiger partial charge in [-0.25, -0.2) is 0 Å². The minimum atomic E-state index is -0.118. The molecule has 0 spiro atoms. The highest BCUT2D eigenvalue weighted by Gasteiger charge is 2.11. The second-order valence-corrected chi connectivity index (χ2v) is 4.42. The van der Waals surface area contributed by atoms with E-state index in [0.717, 1.165) is 18.6 Å². The lowest BCUT2D eigenvalue weighted by Gasteiger charge is -2.08. The first-order valence-corrected chi connectivity index (χ1v) is 6.30. The predicted octanol–water partition coefficient (Wildman–Crippen LogP) is 1.32. The highest BCUT2D eigenvalue weighted by molar-refractivity contribution is 5.77. The van der Waals surface area contributed by atoms with Crippen LogP contribution in [-0.2, 0) is 22.4 Å². The van der Waals surface area contributed by atoms with Crippen LogP contribution < -0.4 is 10.1 Å². The molecule has 0 radical (unpaired) electrons. The van der Waals surface area contributed by atoms with E-state index in [1.165, 1.54) is 17.5 Å². The summed E-state index contributed by atoms with van der Waals surface area (Å²) in [4.78, 5) is 11.4. The summed E-state index contributed by atoms with van der Waals surface area (Å²) in [7, 11) is 1.60. The van der Waals surface area contributed by atoms with Crippen LogP contribution in [0.25, 0.3) is 0 Å². The van der Waals surface area contributed by atoms with E-state index < -0.39 is 0 Å². The van der Waals surface area contributed by atoms with Gasteiger partial charge in [0.2, 0.25) is 0 Å². The number of methoxy groups -OCH3 is 1. The number of fused-ring (bicyclic) bond motifs is 1. The third-order valence-electron chi connectivity index (χ3n) is 3.07. The monoisotopic (exact) mass is 249 g/mol. The van der Waals surface area contributed by atoms with Crippen molar-refractivity contribution in [2.75, 3.05) is 26.9 Å². The Balaban J connectivity index is 1.78. The van der Waals surface area contributed by atoms with Gasteiger partial charge in [0.25, 0.3) is 5.91 Å². The van der Waals surface area contributed by atoms with Crippen LogP contribution in [0.4, 0.5) is 0 Å². The Morgan fingerprint density at radius 3 is 3.00 bits per heavy atom. The summed E-state index contributed by atoms with van der Waals surface area (Å²) in [5.41, 5.74) is 2.76. The molecule has 0 heterocycles. The van der Waals surface area contributed by atoms with E-state index in [0.29, 0.717) is 13.2 Å². The summed E-state index contributed by atoms with van der Waals surface area (Å²) < 4.78 is 10.3. The van der Waals surface area contributed by atoms with Gasteiger partial charge in [-0.1, -0.05) is 6.07 Å². The minimum Gasteiger partial charge on any atom is -0.484 e. The van der Waals surface area contributed by atoms with Gasteiger partial charge in [-0.2, -0.15) is 0 Å². The molecule has 0 aromatic heterocycles. The van der Waals surface area contributed by atoms with Crippen LogP contribution in [0.3, 0.4) is 0 Å². The number of carbonyl (C=O) groups excluding carboxylic acids is 1. The number of carbonyl (C=O) groups is 1. The number of benzene rings is 1. The Kier molecular flexibility index (Phi) is 4.59. The molecule has 18 heavy (non-hydrogen) atoms. The minimum absolute atomic E-state index is 0.0580. The van der Waals surface area contributed by atoms with Gasteiger partial charge in [0.15, 0.2) is 6.61 Å². The lowest BCUT2D eigenvalue weighted by molar-refractivity contribution is -0.123. The molecule has 0 unspecified atom stereocenters. The summed E-state index contributed by atoms with van der Waals surface area (Å²) in [6.45, 7) is 1.09. The fourth-order valence-corrected chi connectivity index (χ4v) is 2.13. The second-order valence-electron chi connectivity index (χ2n) is 4.42. The zero-order chi connectivity index (χ0) is 12.8. The van der Waals surface area contributed by atoms with Crippen LogP contribution in [0.15, 0.2) is 18.2 Å². The highest BCUT2D eigenvalue weighted by Crippen LogP contribution is 2.25. The zero-order valence-corrected chi connectivity index (χ0v) is 10.7. The van der Waals surface area contributed by atoms with Crippen molar-refractivity contribution in [3.05, 3.63) is 29.3 Å². The first-order chi connectivity index (χ1) is 8.79. The summed E-state index contributed by atoms with van der Waals surface area (Å²) in [6.07, 6.45) is 3.50. The number of hydrogen-bond acceptors (Lipinski definition) is 3. The van der Waals surface area contributed by atoms with Crippen molar-refractivity contribution < 1.29 is 14.3 Å². The van der Waals surface area contributed by atoms with Gasteiger partial charge in [-0.05, 0) is 42.5 Å². The van der Waals surface area contributed by atoms with E-state index in [2.05, 4.69) is 11.4 Å². The Morgan fingerprint density at radius 2 is 2.17 bits per heavy atom. The molecular weight excluding hydrogens is 230 g/mol. The highest BCUT2D eigenvalue weighted by atomic mass is 16.5. The Hall–Kier alpha value is -1.55. The lowest BCUT2D eigenvalue weighted by Crippen LogP contribution is -2.31. The van der Waals surface area contributed by atoms with Crippen molar-refractivity contribution in [3.8, 4) is 5.75 Å². The third-order valence-corrected chi connectivity index (χ3v) is 3.07. The molecule has 1 aromatic carbocycles. The Labute approximate surface area is 107 Å². The second kappa shape index (κ2) is 6.40. The zero-order valence-electron chi connectivity index (χ0n) is 10.7. The topological polar surface area (TPSA) is 47.6 Å². The van der Waals surface area contributed by atoms with E-state index in [1.54, 1.807) is 7.11 Å². The number of aryl methyl sites for hydroxylation is 2. The molecule has 1 aromatic rings. The molecular formula is C14H19NO3. The van der Waals surface area contributed by atoms with Crippen LogP contribution in [-0.4, -0.2) is 32.8 Å². The molecule has 0 saturated carbocycles. The maximum atomic E-state index is 11.4. The van der Waals surface area contributed by atoms with E-state index in [1.807, 2.05) is 12.1 Å². The van der Waals surface area contributed by atoms with E-state index >= 15 is 0 Å². The number of amides is 1. The van der Waals surface area contributed by atoms with Crippen LogP contribution >= 0.6 is 0 Å². The van der Waals surface area contributed by atoms with Gasteiger partial charge >= 0.3 is 0 Å². The quantitative estimate of drug-likeness (QED) is 0.773. The molecule has 1 aliphatic rings. The van der Waals surface area contributed by atoms with Gasteiger partial charge in [-0.3, -0.25) is 4.79 Å². The maximum absolute atomic E-state index is 11.4. The molecule has 0 bridgehead atoms. The molecule has 4 heteroatoms. The smallest absolute Gasteiger partial charge is 0.258 e. The van der Waals surface area contributed by atoms with E-state index in [9.17, 15) is 4.79 Å². The van der Waals surface area contributed by atoms with Crippen LogP contribution in [0.1, 0.15) is 17.5 Å². The van der Waals surface area contributed by atoms with E-state index in [4.69, 9.17) is 9.47 Å². The summed E-state index contributed by atoms with van der Waals surface area (Å²) in [5, 5.41) is 2.72. The molecule has 0 aliphatic heterocycles. The van der Waals surface area contributed by atoms with Crippen molar-refractivity contribution in [2.24, 2.45) is 0 Å². The average Bonchev–Trinajstić information content (AvgIpc) is 2.84. The number of nitrogens with one attached hydrogen (secondary N) is 1. The van der Waals surface area contributed by atoms with Crippen molar-refractivity contribution in [3.63, 3.8) is 0 Å². The Morgan fingerprint density at radius 1 is 1.33 bits per heavy atom. The molecule has 1 aliphatic carbocycles. The standard InChI is InChI=1S/C14H19NO3/c1-17-8-7-15-14(16)10-18-13-6-5-11-3-2-4-12(11)9-13/h5-6,9H,2-4,7-8,10H2,1H3,(H,15,16). The maximum Gasteiger partial charge on any atom is 0.258 e. The molecule has 2 rings (SSSR count). The molecule has 0 atom stereocenters. The van der Waals surface area contributed by atoms with Crippen molar-refractivity contribution in [1.29, 1.82) is 0 Å². The summed E-state index contributed by atoms with van der Waals surface area (Å²) in [5.74, 6) is 0.657. The van der Waals surface area contributed by atoms with Gasteiger partial charge in [0, 0.05) is 13.7 Å². The first-order valence-electron chi connectivity index (χ1n) is 6.30. The SMILES string of the molecule is COCCNC(=O)COc1ccc2c(c1)CCC2. The molecule has 0 fully saturated rings. The first kappa shape index (κ1) is 12.9. The van der Waals surface area contributed by atoms with Gasteiger partial charge in [0.1, 0.15) is 5.75 Å². The summed E-state index contributed by atoms with van der Waals surface area (Å²) in [6, 6.07) is 6.08. The molecule has 98 valence electrons. The fraction of sp³-hybridized carbons (Fsp3) is 0.500. The Bertz CT molecular complexity index is 418. The molecule has 1 amide bonds. The van der Waals surface area contributed by atoms with Crippen LogP contribution in [0.5, 0.6) is 5.75 Å². The normalized spacial score (nSPS) is 13.2. The number of hydrogen-bond donors (Lipinski definition) is 1. The third kappa shape index (κ3) is 3.47. The molecule has 4 nitrogen and oxygen atoms in total. The van der Waals surface area contributed by atoms with Gasteiger partial charge < -0.3 is 14.8 Å². The average molecular weight is 249 g/mol. The van der Waals surface area contributed by atoms with Gasteiger partial charge in [-0.15, -0.1) is 0 Å². The van der Waals surface area contributed by atoms with Crippen molar-refractivity contribution in [2.45, 2.75) is 19.3 Å². The van der Waals surface area contributed by atoms with Crippen molar-refractivity contribution >= 4 is 5.91 Å². The van der Waals surface area contributed by atoms with Crippen molar-refractivity contribution in [1.82, 2.24) is 5.32 Å². The largest absolute Gasteiger partial charge is 0.484 e. The van der Waals surface area contributed by atoms with Gasteiger partial charge in [0.05, 0.1) is 6.61 Å². The number of rotatable bonds is 6. The predicted molar refractivity (Wildman–Crippen MR) is 68.8 cm³/mol. The van der Waals surface area contributed by atoms with E-state index in [-0.39, 0.29) is 12.5 Å². The van der Waals surface area contributed by atoms with Crippen LogP contribution in [0, 0.1) is 0 Å². The molecule has 0 saturated heterocycles. The lowest BCUT2D eigenvalue weighted by atomic mass is 10.1. The fourth-order valence-electron chi connectivity index (χ4n) is 2.13. The number of ether oxygens (including phenoxy) is 2.